The van der Waals surface area contributed by atoms with Crippen LogP contribution in [0.25, 0.3) is 0 Å². The molecule has 0 spiro atoms. The number of nitrogens with one attached hydrogen (secondary N) is 1. The van der Waals surface area contributed by atoms with E-state index < -0.39 is 0 Å². The monoisotopic (exact) mass is 416 g/mol. The molecule has 0 aliphatic carbocycles. The Hall–Kier alpha value is -2.51. The molecule has 1 amide bonds. The molecule has 0 atom stereocenters. The number of nitrogens with zero attached hydrogens (tertiary/aromatic N) is 3. The molecule has 0 aliphatic heterocycles. The summed E-state index contributed by atoms with van der Waals surface area (Å²) in [6, 6.07) is 13.1. The fourth-order valence-corrected chi connectivity index (χ4v) is 3.42. The zero-order valence-electron chi connectivity index (χ0n) is 15.9. The third-order valence-corrected chi connectivity index (χ3v) is 5.32. The molecule has 0 saturated carbocycles. The van der Waals surface area contributed by atoms with E-state index in [0.29, 0.717) is 28.3 Å². The standard InChI is InChI=1S/C20H21ClN4O2S/c1-13-7-8-14(2)17(9-13)27-11-18-23-24-20(25(18)3)28-12-19(26)22-16-6-4-5-15(21)10-16/h4-10H,11-12H2,1-3H3,(H,22,26). The van der Waals surface area contributed by atoms with Crippen LogP contribution in [0, 0.1) is 13.8 Å². The van der Waals surface area contributed by atoms with Crippen molar-refractivity contribution in [2.75, 3.05) is 11.1 Å². The highest BCUT2D eigenvalue weighted by Gasteiger charge is 2.13. The van der Waals surface area contributed by atoms with Crippen LogP contribution < -0.4 is 10.1 Å². The quantitative estimate of drug-likeness (QED) is 0.578. The van der Waals surface area contributed by atoms with Gasteiger partial charge in [0, 0.05) is 17.8 Å². The first-order chi connectivity index (χ1) is 13.4. The maximum atomic E-state index is 12.1. The average molecular weight is 417 g/mol. The smallest absolute Gasteiger partial charge is 0.234 e. The molecular formula is C20H21ClN4O2S. The van der Waals surface area contributed by atoms with Gasteiger partial charge < -0.3 is 14.6 Å². The lowest BCUT2D eigenvalue weighted by atomic mass is 10.1. The highest BCUT2D eigenvalue weighted by Crippen LogP contribution is 2.22. The Balaban J connectivity index is 1.55. The molecule has 8 heteroatoms. The van der Waals surface area contributed by atoms with Gasteiger partial charge in [0.25, 0.3) is 0 Å². The van der Waals surface area contributed by atoms with Crippen LogP contribution in [0.3, 0.4) is 0 Å². The molecule has 6 nitrogen and oxygen atoms in total. The number of carbonyl (C=O) groups excluding carboxylic acids is 1. The Morgan fingerprint density at radius 3 is 2.82 bits per heavy atom. The van der Waals surface area contributed by atoms with Gasteiger partial charge in [-0.15, -0.1) is 10.2 Å². The number of amides is 1. The summed E-state index contributed by atoms with van der Waals surface area (Å²) >= 11 is 7.24. The predicted octanol–water partition coefficient (Wildman–Crippen LogP) is 4.40. The van der Waals surface area contributed by atoms with E-state index in [2.05, 4.69) is 15.5 Å². The number of hydrogen-bond donors (Lipinski definition) is 1. The van der Waals surface area contributed by atoms with Crippen molar-refractivity contribution >= 4 is 35.0 Å². The molecule has 28 heavy (non-hydrogen) atoms. The normalized spacial score (nSPS) is 10.7. The number of halogens is 1. The van der Waals surface area contributed by atoms with E-state index in [1.54, 1.807) is 24.3 Å². The van der Waals surface area contributed by atoms with Crippen molar-refractivity contribution < 1.29 is 9.53 Å². The average Bonchev–Trinajstić information content (AvgIpc) is 3.00. The van der Waals surface area contributed by atoms with Gasteiger partial charge in [-0.1, -0.05) is 41.6 Å². The molecular weight excluding hydrogens is 396 g/mol. The number of benzene rings is 2. The van der Waals surface area contributed by atoms with Crippen LogP contribution in [0.2, 0.25) is 5.02 Å². The molecule has 0 saturated heterocycles. The van der Waals surface area contributed by atoms with Crippen LogP contribution >= 0.6 is 23.4 Å². The first-order valence-electron chi connectivity index (χ1n) is 8.69. The van der Waals surface area contributed by atoms with E-state index in [9.17, 15) is 4.79 Å². The summed E-state index contributed by atoms with van der Waals surface area (Å²) in [5.41, 5.74) is 2.87. The second kappa shape index (κ2) is 9.12. The van der Waals surface area contributed by atoms with Crippen molar-refractivity contribution in [1.29, 1.82) is 0 Å². The number of thioether (sulfide) groups is 1. The van der Waals surface area contributed by atoms with Crippen molar-refractivity contribution in [2.24, 2.45) is 7.05 Å². The summed E-state index contributed by atoms with van der Waals surface area (Å²) in [4.78, 5) is 12.1. The van der Waals surface area contributed by atoms with E-state index in [4.69, 9.17) is 16.3 Å². The fourth-order valence-electron chi connectivity index (χ4n) is 2.49. The van der Waals surface area contributed by atoms with Crippen LogP contribution in [-0.4, -0.2) is 26.4 Å². The molecule has 0 radical (unpaired) electrons. The second-order valence-corrected chi connectivity index (χ2v) is 7.74. The van der Waals surface area contributed by atoms with Crippen molar-refractivity contribution in [3.8, 4) is 5.75 Å². The first kappa shape index (κ1) is 20.2. The lowest BCUT2D eigenvalue weighted by molar-refractivity contribution is -0.113. The lowest BCUT2D eigenvalue weighted by Crippen LogP contribution is -2.14. The van der Waals surface area contributed by atoms with E-state index in [1.807, 2.05) is 43.7 Å². The number of carbonyl (C=O) groups is 1. The van der Waals surface area contributed by atoms with Gasteiger partial charge in [-0.25, -0.2) is 0 Å². The predicted molar refractivity (Wildman–Crippen MR) is 112 cm³/mol. The summed E-state index contributed by atoms with van der Waals surface area (Å²) in [6.07, 6.45) is 0. The highest BCUT2D eigenvalue weighted by atomic mass is 35.5. The molecule has 2 aromatic carbocycles. The van der Waals surface area contributed by atoms with Gasteiger partial charge in [0.2, 0.25) is 5.91 Å². The minimum Gasteiger partial charge on any atom is -0.485 e. The Kier molecular flexibility index (Phi) is 6.59. The Labute approximate surface area is 173 Å². The van der Waals surface area contributed by atoms with E-state index in [1.165, 1.54) is 11.8 Å². The van der Waals surface area contributed by atoms with Crippen LogP contribution in [0.1, 0.15) is 17.0 Å². The van der Waals surface area contributed by atoms with Gasteiger partial charge in [0.05, 0.1) is 5.75 Å². The van der Waals surface area contributed by atoms with E-state index in [-0.39, 0.29) is 11.7 Å². The van der Waals surface area contributed by atoms with Crippen LogP contribution in [0.15, 0.2) is 47.6 Å². The first-order valence-corrected chi connectivity index (χ1v) is 10.1. The molecule has 1 aromatic heterocycles. The van der Waals surface area contributed by atoms with Crippen molar-refractivity contribution in [3.05, 3.63) is 64.4 Å². The minimum absolute atomic E-state index is 0.136. The van der Waals surface area contributed by atoms with Crippen molar-refractivity contribution in [3.63, 3.8) is 0 Å². The van der Waals surface area contributed by atoms with Gasteiger partial charge in [-0.05, 0) is 49.2 Å². The molecule has 146 valence electrons. The number of aryl methyl sites for hydroxylation is 2. The number of anilines is 1. The fraction of sp³-hybridized carbons (Fsp3) is 0.250. The topological polar surface area (TPSA) is 69.0 Å². The van der Waals surface area contributed by atoms with Crippen molar-refractivity contribution in [1.82, 2.24) is 14.8 Å². The van der Waals surface area contributed by atoms with Gasteiger partial charge >= 0.3 is 0 Å². The lowest BCUT2D eigenvalue weighted by Gasteiger charge is -2.10. The number of ether oxygens (including phenoxy) is 1. The number of aromatic nitrogens is 3. The van der Waals surface area contributed by atoms with Crippen molar-refractivity contribution in [2.45, 2.75) is 25.6 Å². The second-order valence-electron chi connectivity index (χ2n) is 6.36. The maximum Gasteiger partial charge on any atom is 0.234 e. The Bertz CT molecular complexity index is 990. The van der Waals surface area contributed by atoms with Crippen LogP contribution in [0.4, 0.5) is 5.69 Å². The summed E-state index contributed by atoms with van der Waals surface area (Å²) in [6.45, 7) is 4.34. The molecule has 3 rings (SSSR count). The molecule has 3 aromatic rings. The molecule has 0 bridgehead atoms. The Morgan fingerprint density at radius 2 is 2.04 bits per heavy atom. The highest BCUT2D eigenvalue weighted by molar-refractivity contribution is 7.99. The summed E-state index contributed by atoms with van der Waals surface area (Å²) in [5, 5.41) is 12.4. The molecule has 1 N–H and O–H groups in total. The van der Waals surface area contributed by atoms with E-state index in [0.717, 1.165) is 16.9 Å². The van der Waals surface area contributed by atoms with Gasteiger partial charge in [-0.2, -0.15) is 0 Å². The minimum atomic E-state index is -0.136. The van der Waals surface area contributed by atoms with E-state index >= 15 is 0 Å². The molecule has 1 heterocycles. The zero-order valence-corrected chi connectivity index (χ0v) is 17.5. The largest absolute Gasteiger partial charge is 0.485 e. The van der Waals surface area contributed by atoms with Gasteiger partial charge in [0.15, 0.2) is 11.0 Å². The third kappa shape index (κ3) is 5.27. The summed E-state index contributed by atoms with van der Waals surface area (Å²) in [5.74, 6) is 1.61. The van der Waals surface area contributed by atoms with Crippen LogP contribution in [-0.2, 0) is 18.4 Å². The Morgan fingerprint density at radius 1 is 1.21 bits per heavy atom. The van der Waals surface area contributed by atoms with Crippen LogP contribution in [0.5, 0.6) is 5.75 Å². The summed E-state index contributed by atoms with van der Waals surface area (Å²) < 4.78 is 7.73. The number of rotatable bonds is 7. The maximum absolute atomic E-state index is 12.1. The van der Waals surface area contributed by atoms with Gasteiger partial charge in [0.1, 0.15) is 12.4 Å². The molecule has 0 fully saturated rings. The number of hydrogen-bond acceptors (Lipinski definition) is 5. The molecule has 0 aliphatic rings. The summed E-state index contributed by atoms with van der Waals surface area (Å²) in [7, 11) is 1.86. The third-order valence-electron chi connectivity index (χ3n) is 4.07. The SMILES string of the molecule is Cc1ccc(C)c(OCc2nnc(SCC(=O)Nc3cccc(Cl)c3)n2C)c1. The molecule has 0 unspecified atom stereocenters. The van der Waals surface area contributed by atoms with Gasteiger partial charge in [-0.3, -0.25) is 4.79 Å². The zero-order chi connectivity index (χ0) is 20.1.